The first kappa shape index (κ1) is 17.3. The lowest BCUT2D eigenvalue weighted by atomic mass is 9.95. The van der Waals surface area contributed by atoms with Gasteiger partial charge in [0.1, 0.15) is 17.4 Å². The van der Waals surface area contributed by atoms with Crippen molar-refractivity contribution in [3.8, 4) is 5.75 Å². The molecule has 1 aliphatic rings. The van der Waals surface area contributed by atoms with Crippen LogP contribution in [-0.2, 0) is 13.6 Å². The van der Waals surface area contributed by atoms with Crippen LogP contribution < -0.4 is 0 Å². The molecule has 2 aromatic rings. The molecular weight excluding hydrogens is 320 g/mol. The molecule has 8 heteroatoms. The van der Waals surface area contributed by atoms with Gasteiger partial charge in [0.2, 0.25) is 0 Å². The first-order valence-corrected chi connectivity index (χ1v) is 8.43. The van der Waals surface area contributed by atoms with Gasteiger partial charge in [0.05, 0.1) is 6.54 Å². The highest BCUT2D eigenvalue weighted by molar-refractivity contribution is 5.94. The van der Waals surface area contributed by atoms with Crippen molar-refractivity contribution in [3.05, 3.63) is 35.7 Å². The summed E-state index contributed by atoms with van der Waals surface area (Å²) in [6.45, 7) is 1.99. The van der Waals surface area contributed by atoms with E-state index in [0.717, 1.165) is 31.0 Å². The van der Waals surface area contributed by atoms with Crippen molar-refractivity contribution in [3.63, 3.8) is 0 Å². The van der Waals surface area contributed by atoms with E-state index in [2.05, 4.69) is 24.6 Å². The third-order valence-electron chi connectivity index (χ3n) is 4.59. The van der Waals surface area contributed by atoms with Gasteiger partial charge in [-0.05, 0) is 39.1 Å². The molecule has 1 saturated heterocycles. The Morgan fingerprint density at radius 1 is 1.32 bits per heavy atom. The number of carbonyl (C=O) groups is 1. The quantitative estimate of drug-likeness (QED) is 0.890. The standard InChI is InChI=1S/C17H24N6O2/c1-21(2)11-14-19-20-16(22(14)3)12-6-9-23(10-7-12)17(25)15-13(24)5-4-8-18-15/h4-5,8,12,24H,6-7,9-11H2,1-3H3. The van der Waals surface area contributed by atoms with Crippen LogP contribution in [0.15, 0.2) is 18.3 Å². The summed E-state index contributed by atoms with van der Waals surface area (Å²) >= 11 is 0. The summed E-state index contributed by atoms with van der Waals surface area (Å²) in [5.41, 5.74) is 0.118. The van der Waals surface area contributed by atoms with Gasteiger partial charge in [0.15, 0.2) is 5.69 Å². The van der Waals surface area contributed by atoms with E-state index in [1.54, 1.807) is 11.0 Å². The molecule has 3 heterocycles. The molecule has 25 heavy (non-hydrogen) atoms. The van der Waals surface area contributed by atoms with E-state index in [1.165, 1.54) is 12.3 Å². The Bertz CT molecular complexity index is 749. The smallest absolute Gasteiger partial charge is 0.276 e. The van der Waals surface area contributed by atoms with Crippen LogP contribution in [0, 0.1) is 0 Å². The summed E-state index contributed by atoms with van der Waals surface area (Å²) in [4.78, 5) is 20.3. The molecule has 0 radical (unpaired) electrons. The monoisotopic (exact) mass is 344 g/mol. The molecule has 0 aliphatic carbocycles. The van der Waals surface area contributed by atoms with Crippen molar-refractivity contribution in [1.29, 1.82) is 0 Å². The number of amides is 1. The van der Waals surface area contributed by atoms with Gasteiger partial charge in [-0.25, -0.2) is 4.98 Å². The first-order chi connectivity index (χ1) is 12.0. The molecule has 134 valence electrons. The number of aromatic hydroxyl groups is 1. The number of rotatable bonds is 4. The van der Waals surface area contributed by atoms with Gasteiger partial charge in [0, 0.05) is 32.3 Å². The molecule has 1 N–H and O–H groups in total. The van der Waals surface area contributed by atoms with E-state index in [9.17, 15) is 9.90 Å². The second-order valence-electron chi connectivity index (χ2n) is 6.71. The predicted molar refractivity (Wildman–Crippen MR) is 92.2 cm³/mol. The van der Waals surface area contributed by atoms with Crippen molar-refractivity contribution in [1.82, 2.24) is 29.5 Å². The van der Waals surface area contributed by atoms with Gasteiger partial charge in [-0.1, -0.05) is 0 Å². The maximum atomic E-state index is 12.5. The SMILES string of the molecule is CN(C)Cc1nnc(C2CCN(C(=O)c3ncccc3O)CC2)n1C. The first-order valence-electron chi connectivity index (χ1n) is 8.43. The van der Waals surface area contributed by atoms with Gasteiger partial charge in [0.25, 0.3) is 5.91 Å². The maximum absolute atomic E-state index is 12.5. The van der Waals surface area contributed by atoms with Crippen molar-refractivity contribution in [2.24, 2.45) is 7.05 Å². The second kappa shape index (κ2) is 7.18. The van der Waals surface area contributed by atoms with E-state index in [0.29, 0.717) is 13.1 Å². The minimum atomic E-state index is -0.220. The Labute approximate surface area is 147 Å². The second-order valence-corrected chi connectivity index (χ2v) is 6.71. The van der Waals surface area contributed by atoms with Gasteiger partial charge in [-0.15, -0.1) is 10.2 Å². The largest absolute Gasteiger partial charge is 0.505 e. The molecule has 8 nitrogen and oxygen atoms in total. The predicted octanol–water partition coefficient (Wildman–Crippen LogP) is 0.997. The minimum Gasteiger partial charge on any atom is -0.505 e. The number of hydrogen-bond acceptors (Lipinski definition) is 6. The molecular formula is C17H24N6O2. The number of carbonyl (C=O) groups excluding carboxylic acids is 1. The third kappa shape index (κ3) is 3.63. The fraction of sp³-hybridized carbons (Fsp3) is 0.529. The van der Waals surface area contributed by atoms with Crippen molar-refractivity contribution >= 4 is 5.91 Å². The Balaban J connectivity index is 1.65. The summed E-state index contributed by atoms with van der Waals surface area (Å²) in [7, 11) is 6.01. The Morgan fingerprint density at radius 2 is 2.04 bits per heavy atom. The Hall–Kier alpha value is -2.48. The van der Waals surface area contributed by atoms with Crippen molar-refractivity contribution < 1.29 is 9.90 Å². The normalized spacial score (nSPS) is 15.8. The molecule has 0 bridgehead atoms. The van der Waals surface area contributed by atoms with E-state index >= 15 is 0 Å². The number of hydrogen-bond donors (Lipinski definition) is 1. The molecule has 1 aliphatic heterocycles. The van der Waals surface area contributed by atoms with Crippen LogP contribution in [0.25, 0.3) is 0 Å². The van der Waals surface area contributed by atoms with Gasteiger partial charge in [-0.2, -0.15) is 0 Å². The molecule has 0 atom stereocenters. The van der Waals surface area contributed by atoms with Gasteiger partial charge >= 0.3 is 0 Å². The number of likely N-dealkylation sites (tertiary alicyclic amines) is 1. The van der Waals surface area contributed by atoms with Crippen LogP contribution in [0.3, 0.4) is 0 Å². The third-order valence-corrected chi connectivity index (χ3v) is 4.59. The van der Waals surface area contributed by atoms with Crippen LogP contribution in [0.4, 0.5) is 0 Å². The highest BCUT2D eigenvalue weighted by Crippen LogP contribution is 2.28. The van der Waals surface area contributed by atoms with Crippen LogP contribution in [0.5, 0.6) is 5.75 Å². The fourth-order valence-corrected chi connectivity index (χ4v) is 3.20. The highest BCUT2D eigenvalue weighted by atomic mass is 16.3. The molecule has 3 rings (SSSR count). The zero-order valence-corrected chi connectivity index (χ0v) is 14.9. The number of nitrogens with zero attached hydrogens (tertiary/aromatic N) is 6. The van der Waals surface area contributed by atoms with Crippen LogP contribution in [-0.4, -0.2) is 67.7 Å². The van der Waals surface area contributed by atoms with Crippen molar-refractivity contribution in [2.75, 3.05) is 27.2 Å². The van der Waals surface area contributed by atoms with Crippen molar-refractivity contribution in [2.45, 2.75) is 25.3 Å². The van der Waals surface area contributed by atoms with E-state index in [4.69, 9.17) is 0 Å². The van der Waals surface area contributed by atoms with Crippen LogP contribution >= 0.6 is 0 Å². The van der Waals surface area contributed by atoms with E-state index in [1.807, 2.05) is 21.1 Å². The summed E-state index contributed by atoms with van der Waals surface area (Å²) in [5.74, 6) is 1.91. The molecule has 1 fully saturated rings. The lowest BCUT2D eigenvalue weighted by Crippen LogP contribution is -2.38. The number of aromatic nitrogens is 4. The lowest BCUT2D eigenvalue weighted by molar-refractivity contribution is 0.0701. The summed E-state index contributed by atoms with van der Waals surface area (Å²) in [5, 5.41) is 18.5. The van der Waals surface area contributed by atoms with E-state index in [-0.39, 0.29) is 23.3 Å². The summed E-state index contributed by atoms with van der Waals surface area (Å²) in [6, 6.07) is 3.09. The van der Waals surface area contributed by atoms with Gasteiger partial charge < -0.3 is 19.5 Å². The minimum absolute atomic E-state index is 0.0729. The molecule has 0 spiro atoms. The number of piperidine rings is 1. The molecule has 1 amide bonds. The summed E-state index contributed by atoms with van der Waals surface area (Å²) in [6.07, 6.45) is 3.17. The van der Waals surface area contributed by atoms with Gasteiger partial charge in [-0.3, -0.25) is 4.79 Å². The molecule has 0 aromatic carbocycles. The fourth-order valence-electron chi connectivity index (χ4n) is 3.20. The summed E-state index contributed by atoms with van der Waals surface area (Å²) < 4.78 is 2.06. The molecule has 0 unspecified atom stereocenters. The Morgan fingerprint density at radius 3 is 2.68 bits per heavy atom. The lowest BCUT2D eigenvalue weighted by Gasteiger charge is -2.31. The van der Waals surface area contributed by atoms with Crippen LogP contribution in [0.1, 0.15) is 40.9 Å². The maximum Gasteiger partial charge on any atom is 0.276 e. The zero-order valence-electron chi connectivity index (χ0n) is 14.9. The average Bonchev–Trinajstić information content (AvgIpc) is 2.95. The van der Waals surface area contributed by atoms with Crippen LogP contribution in [0.2, 0.25) is 0 Å². The highest BCUT2D eigenvalue weighted by Gasteiger charge is 2.29. The Kier molecular flexibility index (Phi) is 4.98. The number of pyridine rings is 1. The topological polar surface area (TPSA) is 87.4 Å². The van der Waals surface area contributed by atoms with E-state index < -0.39 is 0 Å². The zero-order chi connectivity index (χ0) is 18.0. The average molecular weight is 344 g/mol. The molecule has 0 saturated carbocycles. The molecule has 2 aromatic heterocycles.